The van der Waals surface area contributed by atoms with Crippen molar-refractivity contribution in [3.63, 3.8) is 0 Å². The van der Waals surface area contributed by atoms with Crippen LogP contribution in [0.3, 0.4) is 0 Å². The highest BCUT2D eigenvalue weighted by molar-refractivity contribution is 5.85. The number of hydrogen-bond donors (Lipinski definition) is 1. The van der Waals surface area contributed by atoms with Crippen LogP contribution in [0.1, 0.15) is 5.56 Å². The molecular weight excluding hydrogens is 229 g/mol. The van der Waals surface area contributed by atoms with E-state index in [0.29, 0.717) is 6.54 Å². The highest BCUT2D eigenvalue weighted by atomic mass is 35.5. The van der Waals surface area contributed by atoms with Crippen molar-refractivity contribution in [2.24, 2.45) is 12.8 Å². The molecule has 0 atom stereocenters. The Balaban J connectivity index is 0.00000128. The van der Waals surface area contributed by atoms with Gasteiger partial charge in [0.1, 0.15) is 5.82 Å². The molecule has 0 amide bonds. The zero-order valence-corrected chi connectivity index (χ0v) is 9.67. The van der Waals surface area contributed by atoms with Gasteiger partial charge in [-0.3, -0.25) is 4.68 Å². The van der Waals surface area contributed by atoms with Crippen molar-refractivity contribution in [1.29, 1.82) is 0 Å². The summed E-state index contributed by atoms with van der Waals surface area (Å²) in [5.41, 5.74) is 8.04. The number of aromatic nitrogens is 2. The van der Waals surface area contributed by atoms with Gasteiger partial charge >= 0.3 is 0 Å². The van der Waals surface area contributed by atoms with Crippen molar-refractivity contribution in [2.45, 2.75) is 6.54 Å². The fourth-order valence-electron chi connectivity index (χ4n) is 1.54. The Morgan fingerprint density at radius 3 is 2.69 bits per heavy atom. The van der Waals surface area contributed by atoms with Gasteiger partial charge in [0, 0.05) is 25.4 Å². The molecule has 2 rings (SSSR count). The van der Waals surface area contributed by atoms with Crippen LogP contribution in [0.2, 0.25) is 0 Å². The van der Waals surface area contributed by atoms with Gasteiger partial charge in [-0.2, -0.15) is 5.10 Å². The summed E-state index contributed by atoms with van der Waals surface area (Å²) >= 11 is 0. The van der Waals surface area contributed by atoms with Gasteiger partial charge in [-0.15, -0.1) is 12.4 Å². The lowest BCUT2D eigenvalue weighted by atomic mass is 10.0. The SMILES string of the molecule is Cl.Cn1ccc(-c2ccc(F)cc2CN)n1. The minimum atomic E-state index is -0.268. The van der Waals surface area contributed by atoms with Crippen molar-refractivity contribution >= 4 is 12.4 Å². The molecule has 0 bridgehead atoms. The molecule has 0 unspecified atom stereocenters. The Bertz CT molecular complexity index is 482. The van der Waals surface area contributed by atoms with Crippen LogP contribution in [-0.2, 0) is 13.6 Å². The molecule has 1 heterocycles. The third-order valence-corrected chi connectivity index (χ3v) is 2.28. The summed E-state index contributed by atoms with van der Waals surface area (Å²) in [5, 5.41) is 4.26. The summed E-state index contributed by atoms with van der Waals surface area (Å²) in [5.74, 6) is -0.268. The molecule has 0 saturated carbocycles. The molecule has 16 heavy (non-hydrogen) atoms. The average molecular weight is 242 g/mol. The molecule has 0 fully saturated rings. The first-order chi connectivity index (χ1) is 7.20. The van der Waals surface area contributed by atoms with Crippen molar-refractivity contribution in [2.75, 3.05) is 0 Å². The van der Waals surface area contributed by atoms with Crippen LogP contribution in [0.25, 0.3) is 11.3 Å². The summed E-state index contributed by atoms with van der Waals surface area (Å²) in [7, 11) is 1.84. The van der Waals surface area contributed by atoms with Crippen LogP contribution >= 0.6 is 12.4 Å². The molecule has 86 valence electrons. The summed E-state index contributed by atoms with van der Waals surface area (Å²) in [4.78, 5) is 0. The molecule has 0 aliphatic heterocycles. The van der Waals surface area contributed by atoms with Gasteiger partial charge in [-0.1, -0.05) is 0 Å². The number of hydrogen-bond acceptors (Lipinski definition) is 2. The largest absolute Gasteiger partial charge is 0.326 e. The zero-order valence-electron chi connectivity index (χ0n) is 8.85. The molecule has 0 spiro atoms. The Labute approximate surface area is 99.5 Å². The van der Waals surface area contributed by atoms with E-state index in [1.165, 1.54) is 12.1 Å². The standard InChI is InChI=1S/C11H12FN3.ClH/c1-15-5-4-11(14-15)10-3-2-9(12)6-8(10)7-13;/h2-6H,7,13H2,1H3;1H. The number of nitrogens with two attached hydrogens (primary N) is 1. The second kappa shape index (κ2) is 5.09. The Kier molecular flexibility index (Phi) is 4.04. The van der Waals surface area contributed by atoms with Crippen LogP contribution in [0, 0.1) is 5.82 Å². The van der Waals surface area contributed by atoms with Crippen molar-refractivity contribution in [3.8, 4) is 11.3 Å². The summed E-state index contributed by atoms with van der Waals surface area (Å²) in [6.45, 7) is 0.309. The first-order valence-corrected chi connectivity index (χ1v) is 4.69. The van der Waals surface area contributed by atoms with E-state index < -0.39 is 0 Å². The maximum atomic E-state index is 13.0. The minimum absolute atomic E-state index is 0. The van der Waals surface area contributed by atoms with Gasteiger partial charge < -0.3 is 5.73 Å². The van der Waals surface area contributed by atoms with E-state index in [0.717, 1.165) is 16.8 Å². The Morgan fingerprint density at radius 2 is 2.12 bits per heavy atom. The van der Waals surface area contributed by atoms with Crippen LogP contribution in [0.4, 0.5) is 4.39 Å². The van der Waals surface area contributed by atoms with Gasteiger partial charge in [-0.25, -0.2) is 4.39 Å². The molecule has 1 aromatic heterocycles. The summed E-state index contributed by atoms with van der Waals surface area (Å²) in [6, 6.07) is 6.46. The van der Waals surface area contributed by atoms with Crippen molar-refractivity contribution in [1.82, 2.24) is 9.78 Å². The smallest absolute Gasteiger partial charge is 0.123 e. The molecule has 5 heteroatoms. The van der Waals surface area contributed by atoms with E-state index in [-0.39, 0.29) is 18.2 Å². The number of aryl methyl sites for hydroxylation is 1. The highest BCUT2D eigenvalue weighted by Crippen LogP contribution is 2.22. The first-order valence-electron chi connectivity index (χ1n) is 4.69. The lowest BCUT2D eigenvalue weighted by Gasteiger charge is -2.04. The summed E-state index contributed by atoms with van der Waals surface area (Å²) in [6.07, 6.45) is 1.85. The molecule has 2 aromatic rings. The minimum Gasteiger partial charge on any atom is -0.326 e. The lowest BCUT2D eigenvalue weighted by molar-refractivity contribution is 0.625. The molecule has 0 radical (unpaired) electrons. The van der Waals surface area contributed by atoms with E-state index in [4.69, 9.17) is 5.73 Å². The molecule has 0 saturated heterocycles. The topological polar surface area (TPSA) is 43.8 Å². The molecule has 3 nitrogen and oxygen atoms in total. The fourth-order valence-corrected chi connectivity index (χ4v) is 1.54. The zero-order chi connectivity index (χ0) is 10.8. The Morgan fingerprint density at radius 1 is 1.38 bits per heavy atom. The van der Waals surface area contributed by atoms with Crippen LogP contribution in [0.5, 0.6) is 0 Å². The summed E-state index contributed by atoms with van der Waals surface area (Å²) < 4.78 is 14.7. The van der Waals surface area contributed by atoms with E-state index in [9.17, 15) is 4.39 Å². The van der Waals surface area contributed by atoms with E-state index in [1.54, 1.807) is 10.7 Å². The average Bonchev–Trinajstić information content (AvgIpc) is 2.64. The van der Waals surface area contributed by atoms with Crippen LogP contribution < -0.4 is 5.73 Å². The molecule has 0 aliphatic rings. The predicted octanol–water partition coefficient (Wildman–Crippen LogP) is 2.11. The van der Waals surface area contributed by atoms with Gasteiger partial charge in [0.15, 0.2) is 0 Å². The first kappa shape index (κ1) is 12.7. The van der Waals surface area contributed by atoms with Gasteiger partial charge in [0.25, 0.3) is 0 Å². The molecule has 2 N–H and O–H groups in total. The van der Waals surface area contributed by atoms with Gasteiger partial charge in [-0.05, 0) is 29.8 Å². The second-order valence-corrected chi connectivity index (χ2v) is 3.38. The third kappa shape index (κ3) is 2.40. The van der Waals surface area contributed by atoms with Gasteiger partial charge in [0.05, 0.1) is 5.69 Å². The molecule has 1 aromatic carbocycles. The van der Waals surface area contributed by atoms with Crippen molar-refractivity contribution < 1.29 is 4.39 Å². The lowest BCUT2D eigenvalue weighted by Crippen LogP contribution is -2.00. The van der Waals surface area contributed by atoms with Gasteiger partial charge in [0.2, 0.25) is 0 Å². The van der Waals surface area contributed by atoms with Crippen LogP contribution in [0.15, 0.2) is 30.5 Å². The number of benzene rings is 1. The fraction of sp³-hybridized carbons (Fsp3) is 0.182. The monoisotopic (exact) mass is 241 g/mol. The highest BCUT2D eigenvalue weighted by Gasteiger charge is 2.07. The number of nitrogens with zero attached hydrogens (tertiary/aromatic N) is 2. The molecule has 0 aliphatic carbocycles. The second-order valence-electron chi connectivity index (χ2n) is 3.38. The number of rotatable bonds is 2. The van der Waals surface area contributed by atoms with E-state index >= 15 is 0 Å². The van der Waals surface area contributed by atoms with Crippen LogP contribution in [-0.4, -0.2) is 9.78 Å². The quantitative estimate of drug-likeness (QED) is 0.875. The normalized spacial score (nSPS) is 9.94. The van der Waals surface area contributed by atoms with E-state index in [2.05, 4.69) is 5.10 Å². The van der Waals surface area contributed by atoms with Crippen molar-refractivity contribution in [3.05, 3.63) is 41.8 Å². The maximum Gasteiger partial charge on any atom is 0.123 e. The molecular formula is C11H13ClFN3. The number of halogens is 2. The Hall–Kier alpha value is -1.39. The third-order valence-electron chi connectivity index (χ3n) is 2.28. The maximum absolute atomic E-state index is 13.0. The van der Waals surface area contributed by atoms with E-state index in [1.807, 2.05) is 19.3 Å². The predicted molar refractivity (Wildman–Crippen MR) is 63.7 cm³/mol.